The third-order valence-electron chi connectivity index (χ3n) is 3.04. The summed E-state index contributed by atoms with van der Waals surface area (Å²) in [4.78, 5) is 15.1. The van der Waals surface area contributed by atoms with Crippen molar-refractivity contribution in [2.75, 3.05) is 0 Å². The zero-order chi connectivity index (χ0) is 12.3. The molecule has 0 N–H and O–H groups in total. The summed E-state index contributed by atoms with van der Waals surface area (Å²) in [5.41, 5.74) is 3.89. The second kappa shape index (κ2) is 5.09. The molecule has 2 nitrogen and oxygen atoms in total. The number of carbonyl (C=O) groups excluding carboxylic acids is 1. The highest BCUT2D eigenvalue weighted by Crippen LogP contribution is 2.20. The molecule has 0 unspecified atom stereocenters. The third-order valence-corrected chi connectivity index (χ3v) is 3.04. The second-order valence-electron chi connectivity index (χ2n) is 4.44. The van der Waals surface area contributed by atoms with E-state index in [1.165, 1.54) is 18.4 Å². The maximum atomic E-state index is 10.7. The molecule has 0 spiro atoms. The van der Waals surface area contributed by atoms with Crippen molar-refractivity contribution < 1.29 is 4.79 Å². The lowest BCUT2D eigenvalue weighted by Crippen LogP contribution is -1.92. The van der Waals surface area contributed by atoms with Crippen molar-refractivity contribution in [3.05, 3.63) is 41.1 Å². The maximum absolute atomic E-state index is 10.7. The average molecular weight is 227 g/mol. The van der Waals surface area contributed by atoms with Crippen molar-refractivity contribution in [2.45, 2.75) is 33.1 Å². The number of aldehydes is 1. The van der Waals surface area contributed by atoms with Crippen LogP contribution in [0.5, 0.6) is 0 Å². The summed E-state index contributed by atoms with van der Waals surface area (Å²) in [5.74, 6) is 0. The number of aromatic nitrogens is 1. The van der Waals surface area contributed by atoms with Crippen molar-refractivity contribution in [1.82, 2.24) is 4.98 Å². The molecule has 1 aromatic heterocycles. The molecule has 0 aliphatic carbocycles. The molecule has 2 aromatic rings. The summed E-state index contributed by atoms with van der Waals surface area (Å²) < 4.78 is 0. The molecule has 17 heavy (non-hydrogen) atoms. The predicted octanol–water partition coefficient (Wildman–Crippen LogP) is 3.70. The van der Waals surface area contributed by atoms with Crippen LogP contribution < -0.4 is 0 Å². The van der Waals surface area contributed by atoms with Gasteiger partial charge in [-0.2, -0.15) is 0 Å². The lowest BCUT2D eigenvalue weighted by molar-refractivity contribution is 0.111. The number of nitrogens with zero attached hydrogens (tertiary/aromatic N) is 1. The Balaban J connectivity index is 2.47. The Morgan fingerprint density at radius 2 is 2.12 bits per heavy atom. The lowest BCUT2D eigenvalue weighted by Gasteiger charge is -2.06. The number of fused-ring (bicyclic) bond motifs is 1. The minimum absolute atomic E-state index is 0.510. The number of aryl methyl sites for hydroxylation is 2. The summed E-state index contributed by atoms with van der Waals surface area (Å²) in [7, 11) is 0. The summed E-state index contributed by atoms with van der Waals surface area (Å²) in [6.07, 6.45) is 4.34. The van der Waals surface area contributed by atoms with E-state index in [4.69, 9.17) is 0 Å². The number of pyridine rings is 1. The van der Waals surface area contributed by atoms with Gasteiger partial charge >= 0.3 is 0 Å². The van der Waals surface area contributed by atoms with Gasteiger partial charge < -0.3 is 0 Å². The van der Waals surface area contributed by atoms with Crippen LogP contribution in [-0.4, -0.2) is 11.3 Å². The molecule has 2 heteroatoms. The first-order valence-corrected chi connectivity index (χ1v) is 6.10. The van der Waals surface area contributed by atoms with E-state index in [1.54, 1.807) is 0 Å². The minimum atomic E-state index is 0.510. The fourth-order valence-corrected chi connectivity index (χ4v) is 2.06. The summed E-state index contributed by atoms with van der Waals surface area (Å²) in [5, 5.41) is 1.16. The zero-order valence-electron chi connectivity index (χ0n) is 10.4. The van der Waals surface area contributed by atoms with Crippen molar-refractivity contribution >= 4 is 17.2 Å². The van der Waals surface area contributed by atoms with Crippen LogP contribution in [0.2, 0.25) is 0 Å². The molecule has 88 valence electrons. The smallest absolute Gasteiger partial charge is 0.168 e. The van der Waals surface area contributed by atoms with Crippen LogP contribution in [0.4, 0.5) is 0 Å². The number of unbranched alkanes of at least 4 members (excludes halogenated alkanes) is 1. The van der Waals surface area contributed by atoms with Crippen molar-refractivity contribution in [2.24, 2.45) is 0 Å². The van der Waals surface area contributed by atoms with E-state index in [1.807, 2.05) is 19.1 Å². The quantitative estimate of drug-likeness (QED) is 0.745. The Morgan fingerprint density at radius 3 is 2.82 bits per heavy atom. The molecule has 0 bridgehead atoms. The van der Waals surface area contributed by atoms with Gasteiger partial charge in [0.25, 0.3) is 0 Å². The summed E-state index contributed by atoms with van der Waals surface area (Å²) in [6, 6.07) is 8.17. The molecule has 0 radical (unpaired) electrons. The number of benzene rings is 1. The van der Waals surface area contributed by atoms with Gasteiger partial charge in [0.15, 0.2) is 6.29 Å². The van der Waals surface area contributed by atoms with Crippen LogP contribution >= 0.6 is 0 Å². The Labute approximate surface area is 102 Å². The van der Waals surface area contributed by atoms with E-state index in [-0.39, 0.29) is 0 Å². The maximum Gasteiger partial charge on any atom is 0.168 e. The van der Waals surface area contributed by atoms with Gasteiger partial charge in [0.2, 0.25) is 0 Å². The van der Waals surface area contributed by atoms with Crippen LogP contribution in [-0.2, 0) is 6.42 Å². The van der Waals surface area contributed by atoms with E-state index >= 15 is 0 Å². The Bertz CT molecular complexity index is 546. The monoisotopic (exact) mass is 227 g/mol. The molecule has 0 fully saturated rings. The third kappa shape index (κ3) is 2.52. The van der Waals surface area contributed by atoms with Crippen molar-refractivity contribution in [3.8, 4) is 0 Å². The first-order chi connectivity index (χ1) is 8.24. The van der Waals surface area contributed by atoms with E-state index < -0.39 is 0 Å². The van der Waals surface area contributed by atoms with Crippen LogP contribution in [0, 0.1) is 6.92 Å². The van der Waals surface area contributed by atoms with E-state index in [0.29, 0.717) is 5.69 Å². The predicted molar refractivity (Wildman–Crippen MR) is 70.5 cm³/mol. The molecule has 2 rings (SSSR count). The van der Waals surface area contributed by atoms with E-state index in [9.17, 15) is 4.79 Å². The highest BCUT2D eigenvalue weighted by atomic mass is 16.1. The lowest BCUT2D eigenvalue weighted by atomic mass is 10.0. The van der Waals surface area contributed by atoms with Crippen LogP contribution in [0.15, 0.2) is 24.3 Å². The minimum Gasteiger partial charge on any atom is -0.296 e. The van der Waals surface area contributed by atoms with Crippen LogP contribution in [0.3, 0.4) is 0 Å². The molecular formula is C15H17NO. The molecule has 1 aromatic carbocycles. The molecule has 1 heterocycles. The fourth-order valence-electron chi connectivity index (χ4n) is 2.06. The summed E-state index contributed by atoms with van der Waals surface area (Å²) in [6.45, 7) is 4.23. The van der Waals surface area contributed by atoms with Crippen molar-refractivity contribution in [3.63, 3.8) is 0 Å². The Hall–Kier alpha value is -1.70. The number of rotatable bonds is 4. The first-order valence-electron chi connectivity index (χ1n) is 6.10. The standard InChI is InChI=1S/C15H17NO/c1-3-4-5-12-6-7-15-14(9-12)11(2)8-13(10-17)16-15/h6-10H,3-5H2,1-2H3. The topological polar surface area (TPSA) is 30.0 Å². The van der Waals surface area contributed by atoms with E-state index in [2.05, 4.69) is 24.0 Å². The van der Waals surface area contributed by atoms with Crippen LogP contribution in [0.25, 0.3) is 10.9 Å². The number of hydrogen-bond acceptors (Lipinski definition) is 2. The Kier molecular flexibility index (Phi) is 3.52. The van der Waals surface area contributed by atoms with Gasteiger partial charge in [0.05, 0.1) is 5.52 Å². The molecule has 0 saturated carbocycles. The SMILES string of the molecule is CCCCc1ccc2nc(C=O)cc(C)c2c1. The molecule has 0 aliphatic rings. The largest absolute Gasteiger partial charge is 0.296 e. The summed E-state index contributed by atoms with van der Waals surface area (Å²) >= 11 is 0. The average Bonchev–Trinajstić information content (AvgIpc) is 2.36. The van der Waals surface area contributed by atoms with Gasteiger partial charge in [0, 0.05) is 5.39 Å². The number of hydrogen-bond donors (Lipinski definition) is 0. The van der Waals surface area contributed by atoms with Gasteiger partial charge in [-0.1, -0.05) is 19.4 Å². The van der Waals surface area contributed by atoms with Gasteiger partial charge in [-0.25, -0.2) is 4.98 Å². The zero-order valence-corrected chi connectivity index (χ0v) is 10.4. The molecule has 0 saturated heterocycles. The van der Waals surface area contributed by atoms with Crippen LogP contribution in [0.1, 0.15) is 41.4 Å². The van der Waals surface area contributed by atoms with Gasteiger partial charge in [-0.05, 0) is 49.1 Å². The van der Waals surface area contributed by atoms with Gasteiger partial charge in [-0.15, -0.1) is 0 Å². The second-order valence-corrected chi connectivity index (χ2v) is 4.44. The van der Waals surface area contributed by atoms with E-state index in [0.717, 1.165) is 29.2 Å². The fraction of sp³-hybridized carbons (Fsp3) is 0.333. The highest BCUT2D eigenvalue weighted by Gasteiger charge is 2.03. The molecule has 0 amide bonds. The van der Waals surface area contributed by atoms with Gasteiger partial charge in [0.1, 0.15) is 5.69 Å². The normalized spacial score (nSPS) is 10.7. The molecule has 0 atom stereocenters. The number of carbonyl (C=O) groups is 1. The molecule has 0 aliphatic heterocycles. The first kappa shape index (κ1) is 11.8. The molecular weight excluding hydrogens is 210 g/mol. The van der Waals surface area contributed by atoms with Gasteiger partial charge in [-0.3, -0.25) is 4.79 Å². The van der Waals surface area contributed by atoms with Crippen molar-refractivity contribution in [1.29, 1.82) is 0 Å². The Morgan fingerprint density at radius 1 is 1.29 bits per heavy atom. The highest BCUT2D eigenvalue weighted by molar-refractivity contribution is 5.86.